The second-order valence-electron chi connectivity index (χ2n) is 9.12. The Labute approximate surface area is 240 Å². The average molecular weight is 562 g/mol. The van der Waals surface area contributed by atoms with Crippen LogP contribution in [0.15, 0.2) is 103 Å². The van der Waals surface area contributed by atoms with Crippen molar-refractivity contribution < 1.29 is 18.7 Å². The van der Waals surface area contributed by atoms with Crippen molar-refractivity contribution in [2.75, 3.05) is 14.2 Å². The largest absolute Gasteiger partial charge is 0.497 e. The summed E-state index contributed by atoms with van der Waals surface area (Å²) in [6.45, 7) is 0. The molecule has 0 radical (unpaired) electrons. The summed E-state index contributed by atoms with van der Waals surface area (Å²) in [5, 5.41) is 0. The second kappa shape index (κ2) is 11.2. The van der Waals surface area contributed by atoms with Crippen molar-refractivity contribution in [3.63, 3.8) is 0 Å². The molecule has 3 heterocycles. The van der Waals surface area contributed by atoms with Crippen molar-refractivity contribution in [1.82, 2.24) is 14.4 Å². The van der Waals surface area contributed by atoms with Crippen LogP contribution in [0.2, 0.25) is 0 Å². The molecule has 6 nitrogen and oxygen atoms in total. The van der Waals surface area contributed by atoms with Crippen LogP contribution in [0.25, 0.3) is 44.0 Å². The second-order valence-corrected chi connectivity index (χ2v) is 10.1. The molecule has 0 atom stereocenters. The standard InChI is InChI=1S/C33H24FN3O3S/c1-39-25-14-8-22(9-15-25)31-32(23-10-16-26(40-2)17-11-23)41-33-36-30(21-6-12-24(34)13-7-21)28(37(31)33)18-19-29(38)27-5-3-4-20-35-27/h3-20H,1-2H3/b19-18+. The Balaban J connectivity index is 1.61. The number of aromatic nitrogens is 3. The number of halogens is 1. The number of carbonyl (C=O) groups excluding carboxylic acids is 1. The van der Waals surface area contributed by atoms with E-state index in [0.717, 1.165) is 43.7 Å². The van der Waals surface area contributed by atoms with E-state index in [9.17, 15) is 9.18 Å². The van der Waals surface area contributed by atoms with E-state index in [0.29, 0.717) is 17.1 Å². The average Bonchev–Trinajstić information content (AvgIpc) is 3.57. The maximum absolute atomic E-state index is 13.8. The van der Waals surface area contributed by atoms with E-state index in [1.807, 2.05) is 52.9 Å². The number of allylic oxidation sites excluding steroid dienone is 1. The fraction of sp³-hybridized carbons (Fsp3) is 0.0606. The lowest BCUT2D eigenvalue weighted by Crippen LogP contribution is -1.98. The van der Waals surface area contributed by atoms with Crippen LogP contribution in [-0.4, -0.2) is 34.4 Å². The van der Waals surface area contributed by atoms with Gasteiger partial charge in [0.15, 0.2) is 4.96 Å². The molecule has 0 aliphatic rings. The number of hydrogen-bond donors (Lipinski definition) is 0. The number of ketones is 1. The molecule has 202 valence electrons. The number of rotatable bonds is 8. The maximum Gasteiger partial charge on any atom is 0.204 e. The number of fused-ring (bicyclic) bond motifs is 1. The molecule has 6 aromatic rings. The van der Waals surface area contributed by atoms with Crippen LogP contribution in [0, 0.1) is 5.82 Å². The number of methoxy groups -OCH3 is 2. The van der Waals surface area contributed by atoms with Crippen molar-refractivity contribution in [1.29, 1.82) is 0 Å². The Kier molecular flexibility index (Phi) is 7.14. The summed E-state index contributed by atoms with van der Waals surface area (Å²) in [5.41, 5.74) is 5.25. The van der Waals surface area contributed by atoms with Gasteiger partial charge in [-0.1, -0.05) is 17.4 Å². The lowest BCUT2D eigenvalue weighted by Gasteiger charge is -2.10. The van der Waals surface area contributed by atoms with Gasteiger partial charge in [-0.3, -0.25) is 14.2 Å². The van der Waals surface area contributed by atoms with Gasteiger partial charge in [0.1, 0.15) is 23.0 Å². The number of benzene rings is 3. The number of imidazole rings is 1. The van der Waals surface area contributed by atoms with Gasteiger partial charge in [0, 0.05) is 17.3 Å². The van der Waals surface area contributed by atoms with Crippen molar-refractivity contribution in [2.24, 2.45) is 0 Å². The molecule has 8 heteroatoms. The summed E-state index contributed by atoms with van der Waals surface area (Å²) in [6, 6.07) is 27.1. The van der Waals surface area contributed by atoms with Gasteiger partial charge in [0.25, 0.3) is 0 Å². The third-order valence-corrected chi connectivity index (χ3v) is 7.75. The highest BCUT2D eigenvalue weighted by molar-refractivity contribution is 7.21. The molecule has 0 unspecified atom stereocenters. The smallest absolute Gasteiger partial charge is 0.204 e. The lowest BCUT2D eigenvalue weighted by molar-refractivity contribution is 0.104. The molecular formula is C33H24FN3O3S. The van der Waals surface area contributed by atoms with Gasteiger partial charge in [0.2, 0.25) is 5.78 Å². The molecule has 0 aliphatic heterocycles. The zero-order chi connectivity index (χ0) is 28.3. The van der Waals surface area contributed by atoms with Gasteiger partial charge in [-0.15, -0.1) is 0 Å². The monoisotopic (exact) mass is 561 g/mol. The Morgan fingerprint density at radius 1 is 0.829 bits per heavy atom. The van der Waals surface area contributed by atoms with Gasteiger partial charge in [-0.2, -0.15) is 0 Å². The first-order valence-electron chi connectivity index (χ1n) is 12.8. The Morgan fingerprint density at radius 2 is 1.46 bits per heavy atom. The lowest BCUT2D eigenvalue weighted by atomic mass is 10.1. The highest BCUT2D eigenvalue weighted by Crippen LogP contribution is 2.43. The van der Waals surface area contributed by atoms with Crippen molar-refractivity contribution in [3.05, 3.63) is 120 Å². The highest BCUT2D eigenvalue weighted by Gasteiger charge is 2.23. The van der Waals surface area contributed by atoms with Crippen LogP contribution in [0.1, 0.15) is 16.2 Å². The predicted molar refractivity (Wildman–Crippen MR) is 160 cm³/mol. The summed E-state index contributed by atoms with van der Waals surface area (Å²) in [6.07, 6.45) is 4.85. The van der Waals surface area contributed by atoms with Crippen molar-refractivity contribution in [2.45, 2.75) is 0 Å². The van der Waals surface area contributed by atoms with Gasteiger partial charge in [0.05, 0.1) is 36.2 Å². The van der Waals surface area contributed by atoms with Crippen LogP contribution in [0.3, 0.4) is 0 Å². The molecule has 0 N–H and O–H groups in total. The minimum atomic E-state index is -0.335. The van der Waals surface area contributed by atoms with Crippen molar-refractivity contribution in [3.8, 4) is 44.5 Å². The van der Waals surface area contributed by atoms with Gasteiger partial charge in [-0.25, -0.2) is 9.37 Å². The van der Waals surface area contributed by atoms with E-state index >= 15 is 0 Å². The zero-order valence-electron chi connectivity index (χ0n) is 22.2. The molecule has 0 saturated heterocycles. The number of pyridine rings is 1. The summed E-state index contributed by atoms with van der Waals surface area (Å²) in [5.74, 6) is 0.932. The summed E-state index contributed by atoms with van der Waals surface area (Å²) < 4.78 is 26.6. The van der Waals surface area contributed by atoms with Crippen LogP contribution >= 0.6 is 11.3 Å². The first-order valence-corrected chi connectivity index (χ1v) is 13.6. The van der Waals surface area contributed by atoms with Gasteiger partial charge >= 0.3 is 0 Å². The molecule has 3 aromatic carbocycles. The minimum absolute atomic E-state index is 0.234. The molecule has 3 aromatic heterocycles. The fourth-order valence-electron chi connectivity index (χ4n) is 4.61. The normalized spacial score (nSPS) is 11.3. The zero-order valence-corrected chi connectivity index (χ0v) is 23.1. The molecule has 0 spiro atoms. The van der Waals surface area contributed by atoms with E-state index in [-0.39, 0.29) is 11.6 Å². The fourth-order valence-corrected chi connectivity index (χ4v) is 5.77. The van der Waals surface area contributed by atoms with Crippen LogP contribution in [0.5, 0.6) is 11.5 Å². The molecule has 6 rings (SSSR count). The van der Waals surface area contributed by atoms with E-state index in [1.54, 1.807) is 56.8 Å². The number of ether oxygens (including phenoxy) is 2. The number of nitrogens with zero attached hydrogens (tertiary/aromatic N) is 3. The first kappa shape index (κ1) is 26.2. The molecule has 41 heavy (non-hydrogen) atoms. The third-order valence-electron chi connectivity index (χ3n) is 6.66. The molecule has 0 amide bonds. The Morgan fingerprint density at radius 3 is 2.07 bits per heavy atom. The third kappa shape index (κ3) is 5.13. The summed E-state index contributed by atoms with van der Waals surface area (Å²) in [7, 11) is 3.27. The molecular weight excluding hydrogens is 537 g/mol. The quantitative estimate of drug-likeness (QED) is 0.140. The van der Waals surface area contributed by atoms with E-state index in [4.69, 9.17) is 14.5 Å². The summed E-state index contributed by atoms with van der Waals surface area (Å²) >= 11 is 1.53. The predicted octanol–water partition coefficient (Wildman–Crippen LogP) is 7.84. The highest BCUT2D eigenvalue weighted by atomic mass is 32.1. The van der Waals surface area contributed by atoms with E-state index in [1.165, 1.54) is 29.5 Å². The molecule has 0 saturated carbocycles. The number of thiazole rings is 1. The minimum Gasteiger partial charge on any atom is -0.497 e. The van der Waals surface area contributed by atoms with Gasteiger partial charge in [-0.05, 0) is 103 Å². The molecule has 0 fully saturated rings. The molecule has 0 aliphatic carbocycles. The maximum atomic E-state index is 13.8. The Bertz CT molecular complexity index is 1860. The van der Waals surface area contributed by atoms with Crippen LogP contribution in [-0.2, 0) is 0 Å². The topological polar surface area (TPSA) is 65.7 Å². The van der Waals surface area contributed by atoms with E-state index < -0.39 is 0 Å². The van der Waals surface area contributed by atoms with Crippen LogP contribution in [0.4, 0.5) is 4.39 Å². The molecule has 0 bridgehead atoms. The summed E-state index contributed by atoms with van der Waals surface area (Å²) in [4.78, 5) is 23.9. The van der Waals surface area contributed by atoms with E-state index in [2.05, 4.69) is 4.98 Å². The SMILES string of the molecule is COc1ccc(-c2sc3nc(-c4ccc(F)cc4)c(/C=C/C(=O)c4ccccn4)n3c2-c2ccc(OC)cc2)cc1. The van der Waals surface area contributed by atoms with Crippen molar-refractivity contribution >= 4 is 28.2 Å². The van der Waals surface area contributed by atoms with Crippen LogP contribution < -0.4 is 9.47 Å². The number of carbonyl (C=O) groups is 1. The first-order chi connectivity index (χ1) is 20.1. The Hall–Kier alpha value is -5.08. The number of hydrogen-bond acceptors (Lipinski definition) is 6. The van der Waals surface area contributed by atoms with Gasteiger partial charge < -0.3 is 9.47 Å².